The van der Waals surface area contributed by atoms with Crippen molar-refractivity contribution in [3.63, 3.8) is 0 Å². The second kappa shape index (κ2) is 8.92. The Hall–Kier alpha value is -1.24. The molecule has 21 heavy (non-hydrogen) atoms. The molecular weight excluding hydrogens is 254 g/mol. The number of hydrogen-bond donors (Lipinski definition) is 0. The molecule has 0 N–H and O–H groups in total. The van der Waals surface area contributed by atoms with Gasteiger partial charge in [0.05, 0.1) is 0 Å². The van der Waals surface area contributed by atoms with Crippen molar-refractivity contribution in [1.29, 1.82) is 0 Å². The van der Waals surface area contributed by atoms with Gasteiger partial charge in [-0.15, -0.1) is 0 Å². The molecule has 1 fully saturated rings. The van der Waals surface area contributed by atoms with E-state index in [4.69, 9.17) is 0 Å². The normalized spacial score (nSPS) is 26.4. The largest absolute Gasteiger partial charge is 0.374 e. The minimum atomic E-state index is 0.607. The molecule has 0 spiro atoms. The van der Waals surface area contributed by atoms with E-state index in [1.807, 2.05) is 6.20 Å². The first-order chi connectivity index (χ1) is 10.0. The highest BCUT2D eigenvalue weighted by Crippen LogP contribution is 2.37. The van der Waals surface area contributed by atoms with Crippen molar-refractivity contribution in [2.45, 2.75) is 59.9 Å². The van der Waals surface area contributed by atoms with E-state index >= 15 is 0 Å². The van der Waals surface area contributed by atoms with E-state index in [1.54, 1.807) is 0 Å². The minimum absolute atomic E-state index is 0.607. The Balaban J connectivity index is 3.02. The zero-order valence-corrected chi connectivity index (χ0v) is 14.6. The average Bonchev–Trinajstić information content (AvgIpc) is 2.75. The van der Waals surface area contributed by atoms with E-state index in [2.05, 4.69) is 70.4 Å². The molecule has 1 aliphatic heterocycles. The lowest BCUT2D eigenvalue weighted by Crippen LogP contribution is -2.27. The molecule has 0 aromatic rings. The zero-order valence-electron chi connectivity index (χ0n) is 14.6. The fourth-order valence-corrected chi connectivity index (χ4v) is 3.37. The van der Waals surface area contributed by atoms with Gasteiger partial charge < -0.3 is 4.90 Å². The maximum atomic E-state index is 4.02. The van der Waals surface area contributed by atoms with E-state index < -0.39 is 0 Å². The highest BCUT2D eigenvalue weighted by Gasteiger charge is 2.37. The summed E-state index contributed by atoms with van der Waals surface area (Å²) in [5.41, 5.74) is 2.85. The van der Waals surface area contributed by atoms with Crippen LogP contribution in [0.2, 0.25) is 0 Å². The second-order valence-electron chi connectivity index (χ2n) is 6.43. The molecule has 0 radical (unpaired) electrons. The standard InChI is InChI=1S/C20H33N/c1-7-10-11-13-18(14-16(4)5)19-15-21(9-3)20(12-8-2)17(19)6/h9-11,13-14,17,19-20H,3,7-8,12,15H2,1-2,4-6H3/b11-10?,18-13+. The third-order valence-electron chi connectivity index (χ3n) is 4.44. The van der Waals surface area contributed by atoms with Gasteiger partial charge in [-0.05, 0) is 44.4 Å². The lowest BCUT2D eigenvalue weighted by Gasteiger charge is -2.24. The first kappa shape index (κ1) is 17.8. The van der Waals surface area contributed by atoms with Gasteiger partial charge in [0.1, 0.15) is 0 Å². The summed E-state index contributed by atoms with van der Waals surface area (Å²) in [6.07, 6.45) is 14.7. The van der Waals surface area contributed by atoms with Gasteiger partial charge in [-0.3, -0.25) is 0 Å². The number of hydrogen-bond acceptors (Lipinski definition) is 1. The van der Waals surface area contributed by atoms with Gasteiger partial charge in [-0.1, -0.05) is 63.6 Å². The summed E-state index contributed by atoms with van der Waals surface area (Å²) < 4.78 is 0. The monoisotopic (exact) mass is 287 g/mol. The molecule has 0 saturated carbocycles. The third-order valence-corrected chi connectivity index (χ3v) is 4.44. The van der Waals surface area contributed by atoms with Gasteiger partial charge in [-0.2, -0.15) is 0 Å². The first-order valence-corrected chi connectivity index (χ1v) is 8.45. The number of allylic oxidation sites excluding steroid dienone is 5. The van der Waals surface area contributed by atoms with Crippen LogP contribution in [-0.4, -0.2) is 17.5 Å². The van der Waals surface area contributed by atoms with Crippen molar-refractivity contribution >= 4 is 0 Å². The molecule has 1 saturated heterocycles. The van der Waals surface area contributed by atoms with Gasteiger partial charge >= 0.3 is 0 Å². The van der Waals surface area contributed by atoms with E-state index in [0.29, 0.717) is 17.9 Å². The Bertz CT molecular complexity index is 410. The van der Waals surface area contributed by atoms with Crippen LogP contribution in [0.3, 0.4) is 0 Å². The van der Waals surface area contributed by atoms with Crippen LogP contribution in [0.1, 0.15) is 53.9 Å². The quantitative estimate of drug-likeness (QED) is 0.541. The van der Waals surface area contributed by atoms with Crippen LogP contribution in [0.15, 0.2) is 48.2 Å². The molecule has 0 aliphatic carbocycles. The van der Waals surface area contributed by atoms with Crippen LogP contribution >= 0.6 is 0 Å². The number of nitrogens with zero attached hydrogens (tertiary/aromatic N) is 1. The molecule has 0 aromatic carbocycles. The molecule has 3 atom stereocenters. The van der Waals surface area contributed by atoms with Crippen molar-refractivity contribution in [2.75, 3.05) is 6.54 Å². The van der Waals surface area contributed by atoms with Crippen molar-refractivity contribution in [3.05, 3.63) is 48.2 Å². The predicted octanol–water partition coefficient (Wildman–Crippen LogP) is 5.73. The fraction of sp³-hybridized carbons (Fsp3) is 0.600. The third kappa shape index (κ3) is 4.91. The van der Waals surface area contributed by atoms with Crippen LogP contribution in [0.25, 0.3) is 0 Å². The lowest BCUT2D eigenvalue weighted by molar-refractivity contribution is 0.292. The predicted molar refractivity (Wildman–Crippen MR) is 95.2 cm³/mol. The van der Waals surface area contributed by atoms with Crippen molar-refractivity contribution in [1.82, 2.24) is 4.90 Å². The van der Waals surface area contributed by atoms with E-state index in [0.717, 1.165) is 13.0 Å². The summed E-state index contributed by atoms with van der Waals surface area (Å²) in [4.78, 5) is 2.45. The molecular formula is C20H33N. The highest BCUT2D eigenvalue weighted by molar-refractivity contribution is 5.31. The maximum Gasteiger partial charge on any atom is 0.0316 e. The lowest BCUT2D eigenvalue weighted by atomic mass is 9.84. The molecule has 118 valence electrons. The number of likely N-dealkylation sites (tertiary alicyclic amines) is 1. The SMILES string of the molecule is C=CN1CC(/C(C=C(C)C)=C/C=CCC)C(C)C1CCC. The van der Waals surface area contributed by atoms with Gasteiger partial charge in [0.15, 0.2) is 0 Å². The van der Waals surface area contributed by atoms with E-state index in [1.165, 1.54) is 24.0 Å². The average molecular weight is 287 g/mol. The smallest absolute Gasteiger partial charge is 0.0316 e. The minimum Gasteiger partial charge on any atom is -0.374 e. The van der Waals surface area contributed by atoms with Crippen LogP contribution in [0, 0.1) is 11.8 Å². The highest BCUT2D eigenvalue weighted by atomic mass is 15.2. The molecule has 1 heterocycles. The van der Waals surface area contributed by atoms with Gasteiger partial charge in [0.2, 0.25) is 0 Å². The maximum absolute atomic E-state index is 4.02. The van der Waals surface area contributed by atoms with Crippen LogP contribution < -0.4 is 0 Å². The molecule has 0 amide bonds. The van der Waals surface area contributed by atoms with Crippen LogP contribution in [0.4, 0.5) is 0 Å². The number of rotatable bonds is 7. The second-order valence-corrected chi connectivity index (χ2v) is 6.43. The molecule has 3 unspecified atom stereocenters. The molecule has 1 nitrogen and oxygen atoms in total. The van der Waals surface area contributed by atoms with E-state index in [-0.39, 0.29) is 0 Å². The van der Waals surface area contributed by atoms with Gasteiger partial charge in [0.25, 0.3) is 0 Å². The van der Waals surface area contributed by atoms with Crippen molar-refractivity contribution in [3.8, 4) is 0 Å². The fourth-order valence-electron chi connectivity index (χ4n) is 3.37. The van der Waals surface area contributed by atoms with Crippen molar-refractivity contribution < 1.29 is 0 Å². The Kier molecular flexibility index (Phi) is 7.56. The van der Waals surface area contributed by atoms with Gasteiger partial charge in [-0.25, -0.2) is 0 Å². The van der Waals surface area contributed by atoms with Gasteiger partial charge in [0, 0.05) is 18.5 Å². The Morgan fingerprint density at radius 2 is 2.00 bits per heavy atom. The van der Waals surface area contributed by atoms with E-state index in [9.17, 15) is 0 Å². The molecule has 0 aromatic heterocycles. The Labute approximate surface area is 132 Å². The topological polar surface area (TPSA) is 3.24 Å². The summed E-state index contributed by atoms with van der Waals surface area (Å²) in [5.74, 6) is 1.29. The molecule has 1 rings (SSSR count). The molecule has 0 bridgehead atoms. The Morgan fingerprint density at radius 1 is 1.29 bits per heavy atom. The summed E-state index contributed by atoms with van der Waals surface area (Å²) in [6.45, 7) is 16.4. The zero-order chi connectivity index (χ0) is 15.8. The molecule has 1 heteroatoms. The Morgan fingerprint density at radius 3 is 2.52 bits per heavy atom. The summed E-state index contributed by atoms with van der Waals surface area (Å²) in [7, 11) is 0. The van der Waals surface area contributed by atoms with Crippen molar-refractivity contribution in [2.24, 2.45) is 11.8 Å². The first-order valence-electron chi connectivity index (χ1n) is 8.45. The summed E-state index contributed by atoms with van der Waals surface area (Å²) in [6, 6.07) is 0.640. The van der Waals surface area contributed by atoms with Crippen LogP contribution in [0.5, 0.6) is 0 Å². The van der Waals surface area contributed by atoms with Crippen LogP contribution in [-0.2, 0) is 0 Å². The molecule has 1 aliphatic rings. The summed E-state index contributed by atoms with van der Waals surface area (Å²) in [5, 5.41) is 0. The summed E-state index contributed by atoms with van der Waals surface area (Å²) >= 11 is 0.